The van der Waals surface area contributed by atoms with Crippen molar-refractivity contribution in [2.75, 3.05) is 52.6 Å². The molecule has 0 aromatic rings. The second kappa shape index (κ2) is 11.9. The van der Waals surface area contributed by atoms with Gasteiger partial charge in [-0.15, -0.1) is 0 Å². The smallest absolute Gasteiger partial charge is 0.248 e. The predicted molar refractivity (Wildman–Crippen MR) is 105 cm³/mol. The first-order chi connectivity index (χ1) is 11.7. The minimum atomic E-state index is 0.107. The van der Waals surface area contributed by atoms with E-state index in [1.807, 2.05) is 32.6 Å². The van der Waals surface area contributed by atoms with E-state index >= 15 is 0 Å². The van der Waals surface area contributed by atoms with Crippen molar-refractivity contribution in [3.8, 4) is 0 Å². The Labute approximate surface area is 156 Å². The third-order valence-corrected chi connectivity index (χ3v) is 4.53. The van der Waals surface area contributed by atoms with Crippen molar-refractivity contribution >= 4 is 5.91 Å². The summed E-state index contributed by atoms with van der Waals surface area (Å²) in [6.45, 7) is 22.9. The van der Waals surface area contributed by atoms with Crippen molar-refractivity contribution in [2.24, 2.45) is 5.41 Å². The predicted octanol–water partition coefficient (Wildman–Crippen LogP) is 3.42. The minimum absolute atomic E-state index is 0.107. The van der Waals surface area contributed by atoms with Crippen LogP contribution in [0.4, 0.5) is 0 Å². The van der Waals surface area contributed by atoms with Crippen LogP contribution in [-0.4, -0.2) is 73.9 Å². The summed E-state index contributed by atoms with van der Waals surface area (Å²) in [6, 6.07) is 0. The summed E-state index contributed by atoms with van der Waals surface area (Å²) >= 11 is 0. The van der Waals surface area contributed by atoms with Crippen molar-refractivity contribution in [3.63, 3.8) is 0 Å². The summed E-state index contributed by atoms with van der Waals surface area (Å²) < 4.78 is 10.9. The highest BCUT2D eigenvalue weighted by Crippen LogP contribution is 2.32. The third kappa shape index (κ3) is 9.02. The molecule has 0 saturated carbocycles. The van der Waals surface area contributed by atoms with Gasteiger partial charge in [0.15, 0.2) is 0 Å². The summed E-state index contributed by atoms with van der Waals surface area (Å²) in [7, 11) is 0. The van der Waals surface area contributed by atoms with Crippen molar-refractivity contribution in [2.45, 2.75) is 67.3 Å². The lowest BCUT2D eigenvalue weighted by Crippen LogP contribution is -2.57. The highest BCUT2D eigenvalue weighted by atomic mass is 16.5. The monoisotopic (exact) mass is 358 g/mol. The highest BCUT2D eigenvalue weighted by molar-refractivity contribution is 5.77. The number of rotatable bonds is 9. The molecule has 0 bridgehead atoms. The van der Waals surface area contributed by atoms with Gasteiger partial charge in [-0.05, 0) is 39.5 Å². The van der Waals surface area contributed by atoms with Crippen LogP contribution < -0.4 is 0 Å². The number of hydrogen-bond acceptors (Lipinski definition) is 4. The summed E-state index contributed by atoms with van der Waals surface area (Å²) in [6.07, 6.45) is 1.08. The van der Waals surface area contributed by atoms with E-state index in [-0.39, 0.29) is 23.5 Å². The van der Waals surface area contributed by atoms with Crippen LogP contribution in [0.5, 0.6) is 0 Å². The Morgan fingerprint density at radius 2 is 1.44 bits per heavy atom. The van der Waals surface area contributed by atoms with E-state index in [0.717, 1.165) is 45.8 Å². The van der Waals surface area contributed by atoms with E-state index in [4.69, 9.17) is 9.47 Å². The topological polar surface area (TPSA) is 42.0 Å². The molecule has 0 spiro atoms. The molecule has 150 valence electrons. The second-order valence-corrected chi connectivity index (χ2v) is 7.80. The second-order valence-electron chi connectivity index (χ2n) is 7.80. The number of amides is 1. The molecule has 1 fully saturated rings. The third-order valence-electron chi connectivity index (χ3n) is 4.53. The zero-order chi connectivity index (χ0) is 19.5. The van der Waals surface area contributed by atoms with E-state index in [0.29, 0.717) is 6.61 Å². The summed E-state index contributed by atoms with van der Waals surface area (Å²) in [4.78, 5) is 16.5. The quantitative estimate of drug-likeness (QED) is 0.633. The van der Waals surface area contributed by atoms with E-state index in [2.05, 4.69) is 32.6 Å². The van der Waals surface area contributed by atoms with Crippen LogP contribution in [0.1, 0.15) is 61.8 Å². The zero-order valence-electron chi connectivity index (χ0n) is 18.0. The van der Waals surface area contributed by atoms with Gasteiger partial charge in [0.2, 0.25) is 5.91 Å². The van der Waals surface area contributed by atoms with Crippen LogP contribution in [0.2, 0.25) is 0 Å². The van der Waals surface area contributed by atoms with Gasteiger partial charge in [-0.2, -0.15) is 0 Å². The summed E-state index contributed by atoms with van der Waals surface area (Å²) in [5.41, 5.74) is 0.261. The molecule has 1 aliphatic heterocycles. The van der Waals surface area contributed by atoms with Crippen LogP contribution >= 0.6 is 0 Å². The summed E-state index contributed by atoms with van der Waals surface area (Å²) in [5, 5.41) is 0. The molecule has 0 aliphatic carbocycles. The fourth-order valence-corrected chi connectivity index (χ4v) is 3.55. The van der Waals surface area contributed by atoms with Crippen molar-refractivity contribution in [1.82, 2.24) is 9.80 Å². The Hall–Kier alpha value is -0.650. The van der Waals surface area contributed by atoms with Gasteiger partial charge in [0.25, 0.3) is 0 Å². The lowest BCUT2D eigenvalue weighted by atomic mass is 9.79. The van der Waals surface area contributed by atoms with Gasteiger partial charge in [-0.25, -0.2) is 0 Å². The molecule has 1 heterocycles. The largest absolute Gasteiger partial charge is 0.381 e. The molecule has 5 nitrogen and oxygen atoms in total. The van der Waals surface area contributed by atoms with Crippen LogP contribution in [0.3, 0.4) is 0 Å². The molecule has 0 aromatic carbocycles. The Morgan fingerprint density at radius 3 is 1.92 bits per heavy atom. The molecule has 5 heteroatoms. The first-order valence-corrected chi connectivity index (χ1v) is 9.90. The first-order valence-electron chi connectivity index (χ1n) is 9.90. The fourth-order valence-electron chi connectivity index (χ4n) is 3.55. The number of piperazine rings is 1. The van der Waals surface area contributed by atoms with Gasteiger partial charge in [-0.3, -0.25) is 9.69 Å². The Bertz CT molecular complexity index is 362. The molecule has 1 aliphatic rings. The standard InChI is InChI=1S/C18H36N2O3.C2H6/c1-7-22-13-16(21)19-9-11-20(12-10-19)18(5,6)14-17(3,4)15-23-8-2;1-2/h7-15H2,1-6H3;1-2H3. The maximum atomic E-state index is 12.0. The van der Waals surface area contributed by atoms with E-state index < -0.39 is 0 Å². The van der Waals surface area contributed by atoms with Crippen LogP contribution in [0, 0.1) is 5.41 Å². The molecular formula is C20H42N2O3. The molecule has 0 radical (unpaired) electrons. The number of hydrogen-bond donors (Lipinski definition) is 0. The van der Waals surface area contributed by atoms with Crippen molar-refractivity contribution in [1.29, 1.82) is 0 Å². The number of ether oxygens (including phenoxy) is 2. The van der Waals surface area contributed by atoms with Gasteiger partial charge >= 0.3 is 0 Å². The molecular weight excluding hydrogens is 316 g/mol. The Balaban J connectivity index is 0.00000277. The Kier molecular flexibility index (Phi) is 11.6. The minimum Gasteiger partial charge on any atom is -0.381 e. The lowest BCUT2D eigenvalue weighted by molar-refractivity contribution is -0.138. The van der Waals surface area contributed by atoms with Crippen LogP contribution in [-0.2, 0) is 14.3 Å². The maximum absolute atomic E-state index is 12.0. The molecule has 1 saturated heterocycles. The zero-order valence-corrected chi connectivity index (χ0v) is 18.0. The van der Waals surface area contributed by atoms with Gasteiger partial charge in [0.1, 0.15) is 6.61 Å². The summed E-state index contributed by atoms with van der Waals surface area (Å²) in [5.74, 6) is 0.112. The molecule has 0 N–H and O–H groups in total. The average molecular weight is 359 g/mol. The molecule has 25 heavy (non-hydrogen) atoms. The van der Waals surface area contributed by atoms with E-state index in [9.17, 15) is 4.79 Å². The molecule has 1 rings (SSSR count). The molecule has 0 unspecified atom stereocenters. The number of carbonyl (C=O) groups is 1. The van der Waals surface area contributed by atoms with Gasteiger partial charge in [0, 0.05) is 44.9 Å². The lowest BCUT2D eigenvalue weighted by Gasteiger charge is -2.47. The number of carbonyl (C=O) groups excluding carboxylic acids is 1. The normalized spacial score (nSPS) is 16.4. The van der Waals surface area contributed by atoms with Gasteiger partial charge < -0.3 is 14.4 Å². The fraction of sp³-hybridized carbons (Fsp3) is 0.950. The van der Waals surface area contributed by atoms with Gasteiger partial charge in [-0.1, -0.05) is 27.7 Å². The average Bonchev–Trinajstić information content (AvgIpc) is 2.59. The van der Waals surface area contributed by atoms with Crippen LogP contribution in [0.25, 0.3) is 0 Å². The molecule has 1 amide bonds. The number of nitrogens with zero attached hydrogens (tertiary/aromatic N) is 2. The molecule has 0 atom stereocenters. The van der Waals surface area contributed by atoms with E-state index in [1.54, 1.807) is 0 Å². The highest BCUT2D eigenvalue weighted by Gasteiger charge is 2.35. The molecule has 0 aromatic heterocycles. The first kappa shape index (κ1) is 24.4. The maximum Gasteiger partial charge on any atom is 0.248 e. The van der Waals surface area contributed by atoms with Crippen LogP contribution in [0.15, 0.2) is 0 Å². The Morgan fingerprint density at radius 1 is 0.920 bits per heavy atom. The van der Waals surface area contributed by atoms with Gasteiger partial charge in [0.05, 0.1) is 6.61 Å². The van der Waals surface area contributed by atoms with Crippen molar-refractivity contribution < 1.29 is 14.3 Å². The SMILES string of the molecule is CC.CCOCC(=O)N1CCN(C(C)(C)CC(C)(C)COCC)CC1. The van der Waals surface area contributed by atoms with Crippen molar-refractivity contribution in [3.05, 3.63) is 0 Å². The van der Waals surface area contributed by atoms with E-state index in [1.165, 1.54) is 0 Å².